The highest BCUT2D eigenvalue weighted by Gasteiger charge is 2.39. The Labute approximate surface area is 107 Å². The van der Waals surface area contributed by atoms with Crippen LogP contribution in [-0.2, 0) is 4.79 Å². The third-order valence-electron chi connectivity index (χ3n) is 3.27. The molecule has 0 aromatic rings. The molecule has 2 amide bonds. The lowest BCUT2D eigenvalue weighted by Gasteiger charge is -2.29. The number of amides is 2. The molecule has 1 aliphatic rings. The molecule has 1 rings (SSSR count). The van der Waals surface area contributed by atoms with Crippen molar-refractivity contribution >= 4 is 12.0 Å². The normalized spacial score (nSPS) is 18.2. The minimum absolute atomic E-state index is 0.359. The summed E-state index contributed by atoms with van der Waals surface area (Å²) in [6, 6.07) is -0.449. The van der Waals surface area contributed by atoms with Crippen molar-refractivity contribution < 1.29 is 14.7 Å². The molecule has 0 atom stereocenters. The summed E-state index contributed by atoms with van der Waals surface area (Å²) in [7, 11) is 0. The maximum atomic E-state index is 11.7. The van der Waals surface area contributed by atoms with Crippen LogP contribution < -0.4 is 10.6 Å². The van der Waals surface area contributed by atoms with Crippen LogP contribution in [0.25, 0.3) is 0 Å². The highest BCUT2D eigenvalue weighted by molar-refractivity contribution is 5.86. The Bertz CT molecular complexity index is 339. The van der Waals surface area contributed by atoms with Gasteiger partial charge in [0, 0.05) is 13.0 Å². The zero-order chi connectivity index (χ0) is 13.4. The second-order valence-electron chi connectivity index (χ2n) is 4.64. The molecule has 5 nitrogen and oxygen atoms in total. The molecule has 0 radical (unpaired) electrons. The summed E-state index contributed by atoms with van der Waals surface area (Å²) in [5, 5.41) is 14.5. The largest absolute Gasteiger partial charge is 0.480 e. The van der Waals surface area contributed by atoms with Gasteiger partial charge in [-0.15, -0.1) is 12.3 Å². The summed E-state index contributed by atoms with van der Waals surface area (Å²) < 4.78 is 0. The number of carboxylic acids is 1. The maximum absolute atomic E-state index is 11.7. The fourth-order valence-corrected chi connectivity index (χ4v) is 2.23. The average Bonchev–Trinajstić information content (AvgIpc) is 2.56. The molecular formula is C13H20N2O3. The molecule has 0 aliphatic heterocycles. The van der Waals surface area contributed by atoms with Crippen LogP contribution in [0.5, 0.6) is 0 Å². The first-order valence-corrected chi connectivity index (χ1v) is 6.33. The van der Waals surface area contributed by atoms with E-state index in [0.29, 0.717) is 25.8 Å². The first kappa shape index (κ1) is 14.4. The van der Waals surface area contributed by atoms with Crippen molar-refractivity contribution in [3.8, 4) is 12.3 Å². The van der Waals surface area contributed by atoms with E-state index >= 15 is 0 Å². The van der Waals surface area contributed by atoms with Gasteiger partial charge in [0.2, 0.25) is 0 Å². The zero-order valence-corrected chi connectivity index (χ0v) is 10.5. The van der Waals surface area contributed by atoms with E-state index < -0.39 is 17.5 Å². The molecule has 3 N–H and O–H groups in total. The molecule has 5 heteroatoms. The van der Waals surface area contributed by atoms with Gasteiger partial charge in [0.15, 0.2) is 0 Å². The fourth-order valence-electron chi connectivity index (χ4n) is 2.23. The van der Waals surface area contributed by atoms with Crippen LogP contribution in [-0.4, -0.2) is 29.2 Å². The van der Waals surface area contributed by atoms with Crippen molar-refractivity contribution in [2.75, 3.05) is 6.54 Å². The molecule has 1 saturated carbocycles. The number of nitrogens with one attached hydrogen (secondary N) is 2. The second kappa shape index (κ2) is 6.90. The van der Waals surface area contributed by atoms with Gasteiger partial charge in [0.05, 0.1) is 0 Å². The number of carboxylic acid groups (broad SMARTS) is 1. The van der Waals surface area contributed by atoms with Crippen molar-refractivity contribution in [1.82, 2.24) is 10.6 Å². The molecule has 1 aliphatic carbocycles. The Balaban J connectivity index is 2.59. The number of carbonyl (C=O) groups is 2. The lowest BCUT2D eigenvalue weighted by molar-refractivity contribution is -0.145. The lowest BCUT2D eigenvalue weighted by Crippen LogP contribution is -2.57. The van der Waals surface area contributed by atoms with Crippen molar-refractivity contribution in [3.05, 3.63) is 0 Å². The first-order chi connectivity index (χ1) is 8.60. The monoisotopic (exact) mass is 252 g/mol. The number of hydrogen-bond donors (Lipinski definition) is 3. The number of aliphatic carboxylic acids is 1. The first-order valence-electron chi connectivity index (χ1n) is 6.33. The van der Waals surface area contributed by atoms with Gasteiger partial charge in [0.1, 0.15) is 5.54 Å². The van der Waals surface area contributed by atoms with Crippen molar-refractivity contribution in [1.29, 1.82) is 0 Å². The molecule has 0 aromatic carbocycles. The van der Waals surface area contributed by atoms with E-state index in [1.165, 1.54) is 0 Å². The molecule has 18 heavy (non-hydrogen) atoms. The molecule has 0 bridgehead atoms. The Hall–Kier alpha value is -1.70. The number of hydrogen-bond acceptors (Lipinski definition) is 2. The Morgan fingerprint density at radius 1 is 1.22 bits per heavy atom. The third-order valence-corrected chi connectivity index (χ3v) is 3.27. The molecule has 0 saturated heterocycles. The van der Waals surface area contributed by atoms with Gasteiger partial charge >= 0.3 is 12.0 Å². The number of carbonyl (C=O) groups excluding carboxylic acids is 1. The summed E-state index contributed by atoms with van der Waals surface area (Å²) in [6.07, 6.45) is 10.2. The van der Waals surface area contributed by atoms with Crippen LogP contribution in [0.15, 0.2) is 0 Å². The van der Waals surface area contributed by atoms with E-state index in [0.717, 1.165) is 25.7 Å². The van der Waals surface area contributed by atoms with Gasteiger partial charge in [-0.1, -0.05) is 25.7 Å². The summed E-state index contributed by atoms with van der Waals surface area (Å²) in [5.74, 6) is 1.46. The van der Waals surface area contributed by atoms with Crippen LogP contribution in [0.1, 0.15) is 44.9 Å². The van der Waals surface area contributed by atoms with Gasteiger partial charge in [-0.05, 0) is 12.8 Å². The van der Waals surface area contributed by atoms with E-state index in [2.05, 4.69) is 16.6 Å². The van der Waals surface area contributed by atoms with E-state index in [4.69, 9.17) is 6.42 Å². The Morgan fingerprint density at radius 3 is 2.33 bits per heavy atom. The van der Waals surface area contributed by atoms with Gasteiger partial charge in [-0.25, -0.2) is 9.59 Å². The Kier molecular flexibility index (Phi) is 5.50. The van der Waals surface area contributed by atoms with Crippen LogP contribution in [0.2, 0.25) is 0 Å². The number of urea groups is 1. The third kappa shape index (κ3) is 3.95. The van der Waals surface area contributed by atoms with Gasteiger partial charge in [-0.2, -0.15) is 0 Å². The molecular weight excluding hydrogens is 232 g/mol. The van der Waals surface area contributed by atoms with Gasteiger partial charge < -0.3 is 15.7 Å². The minimum atomic E-state index is -1.11. The summed E-state index contributed by atoms with van der Waals surface area (Å²) in [5.41, 5.74) is -1.11. The van der Waals surface area contributed by atoms with E-state index in [1.54, 1.807) is 0 Å². The van der Waals surface area contributed by atoms with Gasteiger partial charge in [-0.3, -0.25) is 0 Å². The molecule has 1 fully saturated rings. The van der Waals surface area contributed by atoms with Crippen LogP contribution in [0, 0.1) is 12.3 Å². The van der Waals surface area contributed by atoms with Crippen molar-refractivity contribution in [2.45, 2.75) is 50.5 Å². The standard InChI is InChI=1S/C13H20N2O3/c1-2-3-10-14-12(18)15-13(11(16)17)8-6-4-5-7-9-13/h1H,3-10H2,(H,16,17)(H2,14,15,18). The SMILES string of the molecule is C#CCCNC(=O)NC1(C(=O)O)CCCCCC1. The van der Waals surface area contributed by atoms with E-state index in [9.17, 15) is 14.7 Å². The molecule has 0 unspecified atom stereocenters. The van der Waals surface area contributed by atoms with Crippen LogP contribution >= 0.6 is 0 Å². The smallest absolute Gasteiger partial charge is 0.329 e. The summed E-state index contributed by atoms with van der Waals surface area (Å²) in [4.78, 5) is 23.1. The van der Waals surface area contributed by atoms with E-state index in [-0.39, 0.29) is 0 Å². The van der Waals surface area contributed by atoms with Crippen LogP contribution in [0.3, 0.4) is 0 Å². The van der Waals surface area contributed by atoms with E-state index in [1.807, 2.05) is 0 Å². The fraction of sp³-hybridized carbons (Fsp3) is 0.692. The minimum Gasteiger partial charge on any atom is -0.480 e. The molecule has 0 aromatic heterocycles. The predicted octanol–water partition coefficient (Wildman–Crippen LogP) is 1.49. The summed E-state index contributed by atoms with van der Waals surface area (Å²) >= 11 is 0. The molecule has 0 spiro atoms. The lowest BCUT2D eigenvalue weighted by atomic mass is 9.90. The maximum Gasteiger partial charge on any atom is 0.329 e. The predicted molar refractivity (Wildman–Crippen MR) is 68.1 cm³/mol. The van der Waals surface area contributed by atoms with Crippen molar-refractivity contribution in [3.63, 3.8) is 0 Å². The van der Waals surface area contributed by atoms with Gasteiger partial charge in [0.25, 0.3) is 0 Å². The number of terminal acetylenes is 1. The zero-order valence-electron chi connectivity index (χ0n) is 10.5. The topological polar surface area (TPSA) is 78.4 Å². The number of rotatable bonds is 4. The highest BCUT2D eigenvalue weighted by atomic mass is 16.4. The molecule has 100 valence electrons. The Morgan fingerprint density at radius 2 is 1.83 bits per heavy atom. The second-order valence-corrected chi connectivity index (χ2v) is 4.64. The molecule has 0 heterocycles. The van der Waals surface area contributed by atoms with Crippen molar-refractivity contribution in [2.24, 2.45) is 0 Å². The highest BCUT2D eigenvalue weighted by Crippen LogP contribution is 2.27. The average molecular weight is 252 g/mol. The quantitative estimate of drug-likeness (QED) is 0.403. The summed E-state index contributed by atoms with van der Waals surface area (Å²) in [6.45, 7) is 0.359. The van der Waals surface area contributed by atoms with Crippen LogP contribution in [0.4, 0.5) is 4.79 Å².